The lowest BCUT2D eigenvalue weighted by Gasteiger charge is -2.30. The Bertz CT molecular complexity index is 869. The van der Waals surface area contributed by atoms with Gasteiger partial charge in [-0.2, -0.15) is 0 Å². The van der Waals surface area contributed by atoms with E-state index in [0.29, 0.717) is 10.6 Å². The first kappa shape index (κ1) is 14.8. The Labute approximate surface area is 144 Å². The molecular formula is C20H13ClO3. The molecule has 118 valence electrons. The zero-order valence-electron chi connectivity index (χ0n) is 12.6. The van der Waals surface area contributed by atoms with Crippen molar-refractivity contribution < 1.29 is 14.6 Å². The van der Waals surface area contributed by atoms with E-state index in [1.165, 1.54) is 0 Å². The molecular weight excluding hydrogens is 324 g/mol. The number of halogens is 1. The number of carbonyl (C=O) groups is 1. The molecule has 0 bridgehead atoms. The van der Waals surface area contributed by atoms with Gasteiger partial charge in [-0.15, -0.1) is 0 Å². The monoisotopic (exact) mass is 336 g/mol. The van der Waals surface area contributed by atoms with Crippen LogP contribution in [0.1, 0.15) is 27.0 Å². The van der Waals surface area contributed by atoms with Crippen LogP contribution < -0.4 is 0 Å². The van der Waals surface area contributed by atoms with Crippen molar-refractivity contribution in [2.24, 2.45) is 0 Å². The molecule has 1 aliphatic rings. The molecule has 3 nitrogen and oxygen atoms in total. The lowest BCUT2D eigenvalue weighted by Crippen LogP contribution is -2.29. The number of phenols is 1. The van der Waals surface area contributed by atoms with Gasteiger partial charge in [0.1, 0.15) is 5.75 Å². The summed E-state index contributed by atoms with van der Waals surface area (Å²) in [5, 5.41) is 10.2. The number of benzene rings is 3. The zero-order valence-corrected chi connectivity index (χ0v) is 13.3. The number of ether oxygens (including phenoxy) is 1. The molecule has 1 aliphatic heterocycles. The van der Waals surface area contributed by atoms with Crippen molar-refractivity contribution in [3.63, 3.8) is 0 Å². The van der Waals surface area contributed by atoms with Crippen molar-refractivity contribution in [2.75, 3.05) is 0 Å². The fourth-order valence-corrected chi connectivity index (χ4v) is 3.32. The molecule has 0 saturated heterocycles. The normalized spacial score (nSPS) is 19.0. The number of rotatable bonds is 2. The SMILES string of the molecule is O=C1OC(c2ccc(O)cc2)(c2ccc(Cl)cc2)c2ccccc21. The lowest BCUT2D eigenvalue weighted by atomic mass is 9.80. The van der Waals surface area contributed by atoms with Crippen molar-refractivity contribution in [1.29, 1.82) is 0 Å². The van der Waals surface area contributed by atoms with Crippen LogP contribution in [-0.2, 0) is 10.3 Å². The highest BCUT2D eigenvalue weighted by atomic mass is 35.5. The van der Waals surface area contributed by atoms with Crippen LogP contribution in [0.25, 0.3) is 0 Å². The molecule has 1 heterocycles. The standard InChI is InChI=1S/C20H13ClO3/c21-15-9-5-13(6-10-15)20(14-7-11-16(22)12-8-14)18-4-2-1-3-17(18)19(23)24-20/h1-12,22H. The maximum Gasteiger partial charge on any atom is 0.340 e. The highest BCUT2D eigenvalue weighted by molar-refractivity contribution is 6.30. The van der Waals surface area contributed by atoms with E-state index in [0.717, 1.165) is 16.7 Å². The molecule has 0 radical (unpaired) electrons. The van der Waals surface area contributed by atoms with Gasteiger partial charge in [-0.05, 0) is 30.3 Å². The van der Waals surface area contributed by atoms with E-state index >= 15 is 0 Å². The molecule has 24 heavy (non-hydrogen) atoms. The third-order valence-electron chi connectivity index (χ3n) is 4.30. The van der Waals surface area contributed by atoms with Crippen molar-refractivity contribution in [1.82, 2.24) is 0 Å². The van der Waals surface area contributed by atoms with Crippen LogP contribution in [0.5, 0.6) is 5.75 Å². The van der Waals surface area contributed by atoms with Crippen LogP contribution in [-0.4, -0.2) is 11.1 Å². The van der Waals surface area contributed by atoms with Gasteiger partial charge in [0.15, 0.2) is 5.60 Å². The molecule has 0 aromatic heterocycles. The van der Waals surface area contributed by atoms with Crippen molar-refractivity contribution in [3.8, 4) is 5.75 Å². The maximum atomic E-state index is 12.5. The van der Waals surface area contributed by atoms with Gasteiger partial charge in [-0.1, -0.05) is 54.1 Å². The predicted molar refractivity (Wildman–Crippen MR) is 91.3 cm³/mol. The molecule has 1 N–H and O–H groups in total. The van der Waals surface area contributed by atoms with Crippen LogP contribution >= 0.6 is 11.6 Å². The van der Waals surface area contributed by atoms with Gasteiger partial charge in [0, 0.05) is 21.7 Å². The third kappa shape index (κ3) is 2.09. The minimum atomic E-state index is -1.05. The Balaban J connectivity index is 2.03. The van der Waals surface area contributed by atoms with E-state index in [1.54, 1.807) is 42.5 Å². The molecule has 3 aromatic rings. The number of hydrogen-bond acceptors (Lipinski definition) is 3. The Morgan fingerprint density at radius 3 is 2.08 bits per heavy atom. The fourth-order valence-electron chi connectivity index (χ4n) is 3.19. The predicted octanol–water partition coefficient (Wildman–Crippen LogP) is 4.51. The summed E-state index contributed by atoms with van der Waals surface area (Å²) in [6.07, 6.45) is 0. The molecule has 0 aliphatic carbocycles. The first-order valence-corrected chi connectivity index (χ1v) is 7.87. The number of aromatic hydroxyl groups is 1. The second-order valence-electron chi connectivity index (χ2n) is 5.67. The summed E-state index contributed by atoms with van der Waals surface area (Å²) >= 11 is 6.02. The van der Waals surface area contributed by atoms with Crippen LogP contribution in [0, 0.1) is 0 Å². The zero-order chi connectivity index (χ0) is 16.7. The Morgan fingerprint density at radius 1 is 0.833 bits per heavy atom. The summed E-state index contributed by atoms with van der Waals surface area (Å²) in [5.41, 5.74) is 1.84. The first-order valence-electron chi connectivity index (χ1n) is 7.50. The number of fused-ring (bicyclic) bond motifs is 1. The quantitative estimate of drug-likeness (QED) is 0.700. The molecule has 0 fully saturated rings. The number of esters is 1. The minimum absolute atomic E-state index is 0.155. The van der Waals surface area contributed by atoms with Gasteiger partial charge >= 0.3 is 5.97 Å². The molecule has 4 rings (SSSR count). The van der Waals surface area contributed by atoms with Crippen LogP contribution in [0.2, 0.25) is 5.02 Å². The average Bonchev–Trinajstić information content (AvgIpc) is 2.91. The number of carbonyl (C=O) groups excluding carboxylic acids is 1. The second-order valence-corrected chi connectivity index (χ2v) is 6.11. The Morgan fingerprint density at radius 2 is 1.42 bits per heavy atom. The van der Waals surface area contributed by atoms with Gasteiger partial charge in [0.05, 0.1) is 5.56 Å². The van der Waals surface area contributed by atoms with E-state index in [-0.39, 0.29) is 11.7 Å². The van der Waals surface area contributed by atoms with E-state index in [1.807, 2.05) is 30.3 Å². The van der Waals surface area contributed by atoms with Gasteiger partial charge in [0.2, 0.25) is 0 Å². The summed E-state index contributed by atoms with van der Waals surface area (Å²) in [4.78, 5) is 12.5. The molecule has 0 saturated carbocycles. The molecule has 1 unspecified atom stereocenters. The Hall–Kier alpha value is -2.78. The highest BCUT2D eigenvalue weighted by Gasteiger charge is 2.48. The van der Waals surface area contributed by atoms with E-state index in [2.05, 4.69) is 0 Å². The lowest BCUT2D eigenvalue weighted by molar-refractivity contribution is 0.0251. The van der Waals surface area contributed by atoms with Crippen molar-refractivity contribution in [2.45, 2.75) is 5.60 Å². The largest absolute Gasteiger partial charge is 0.508 e. The molecule has 0 amide bonds. The van der Waals surface area contributed by atoms with Crippen LogP contribution in [0.4, 0.5) is 0 Å². The molecule has 0 spiro atoms. The number of hydrogen-bond donors (Lipinski definition) is 1. The summed E-state index contributed by atoms with van der Waals surface area (Å²) in [7, 11) is 0. The van der Waals surface area contributed by atoms with Crippen molar-refractivity contribution in [3.05, 3.63) is 100 Å². The highest BCUT2D eigenvalue weighted by Crippen LogP contribution is 2.47. The Kier molecular flexibility index (Phi) is 3.32. The first-order chi connectivity index (χ1) is 11.6. The summed E-state index contributed by atoms with van der Waals surface area (Å²) < 4.78 is 5.91. The third-order valence-corrected chi connectivity index (χ3v) is 4.55. The average molecular weight is 337 g/mol. The van der Waals surface area contributed by atoms with E-state index in [9.17, 15) is 9.90 Å². The maximum absolute atomic E-state index is 12.5. The van der Waals surface area contributed by atoms with Gasteiger partial charge in [-0.25, -0.2) is 4.79 Å². The van der Waals surface area contributed by atoms with Crippen LogP contribution in [0.3, 0.4) is 0 Å². The summed E-state index contributed by atoms with van der Waals surface area (Å²) in [5.74, 6) is -0.212. The van der Waals surface area contributed by atoms with Crippen LogP contribution in [0.15, 0.2) is 72.8 Å². The number of phenolic OH excluding ortho intramolecular Hbond substituents is 1. The topological polar surface area (TPSA) is 46.5 Å². The second kappa shape index (κ2) is 5.39. The minimum Gasteiger partial charge on any atom is -0.508 e. The molecule has 4 heteroatoms. The van der Waals surface area contributed by atoms with Crippen molar-refractivity contribution >= 4 is 17.6 Å². The molecule has 3 aromatic carbocycles. The molecule has 1 atom stereocenters. The summed E-state index contributed by atoms with van der Waals surface area (Å²) in [6, 6.07) is 21.3. The van der Waals surface area contributed by atoms with Gasteiger partial charge in [0.25, 0.3) is 0 Å². The van der Waals surface area contributed by atoms with Gasteiger partial charge in [-0.3, -0.25) is 0 Å². The number of cyclic esters (lactones) is 1. The van der Waals surface area contributed by atoms with E-state index in [4.69, 9.17) is 16.3 Å². The van der Waals surface area contributed by atoms with E-state index < -0.39 is 5.60 Å². The van der Waals surface area contributed by atoms with Gasteiger partial charge < -0.3 is 9.84 Å². The smallest absolute Gasteiger partial charge is 0.340 e. The fraction of sp³-hybridized carbons (Fsp3) is 0.0500. The summed E-state index contributed by atoms with van der Waals surface area (Å²) in [6.45, 7) is 0.